The molecule has 0 bridgehead atoms. The van der Waals surface area contributed by atoms with Crippen LogP contribution in [0.2, 0.25) is 0 Å². The molecule has 1 saturated carbocycles. The summed E-state index contributed by atoms with van der Waals surface area (Å²) in [4.78, 5) is 7.11. The fourth-order valence-electron chi connectivity index (χ4n) is 3.92. The van der Waals surface area contributed by atoms with Gasteiger partial charge < -0.3 is 9.64 Å². The van der Waals surface area contributed by atoms with E-state index in [9.17, 15) is 0 Å². The fourth-order valence-corrected chi connectivity index (χ4v) is 3.92. The molecule has 6 heteroatoms. The van der Waals surface area contributed by atoms with Crippen LogP contribution in [-0.2, 0) is 0 Å². The van der Waals surface area contributed by atoms with Gasteiger partial charge >= 0.3 is 0 Å². The first-order valence-electron chi connectivity index (χ1n) is 8.95. The molecule has 128 valence electrons. The highest BCUT2D eigenvalue weighted by Crippen LogP contribution is 2.47. The van der Waals surface area contributed by atoms with E-state index < -0.39 is 0 Å². The lowest BCUT2D eigenvalue weighted by Crippen LogP contribution is -2.32. The number of nitrogens with zero attached hydrogens (tertiary/aromatic N) is 4. The first-order chi connectivity index (χ1) is 12.2. The lowest BCUT2D eigenvalue weighted by molar-refractivity contribution is 0.308. The van der Waals surface area contributed by atoms with Gasteiger partial charge in [-0.05, 0) is 44.4 Å². The molecule has 2 unspecified atom stereocenters. The number of allylic oxidation sites excluding steroid dienone is 2. The van der Waals surface area contributed by atoms with Crippen LogP contribution in [0.4, 0.5) is 5.69 Å². The van der Waals surface area contributed by atoms with Gasteiger partial charge in [0.2, 0.25) is 0 Å². The number of anilines is 1. The number of benzene rings is 1. The number of likely N-dealkylation sites (N-methyl/N-ethyl adjacent to an activating group) is 1. The van der Waals surface area contributed by atoms with Crippen molar-refractivity contribution < 1.29 is 4.74 Å². The second-order valence-electron chi connectivity index (χ2n) is 6.94. The Bertz CT molecular complexity index is 897. The van der Waals surface area contributed by atoms with Gasteiger partial charge in [-0.25, -0.2) is 0 Å². The molecule has 2 aliphatic heterocycles. The number of hydrogen-bond donors (Lipinski definition) is 1. The molecule has 6 nitrogen and oxygen atoms in total. The van der Waals surface area contributed by atoms with Crippen LogP contribution in [0.15, 0.2) is 35.0 Å². The lowest BCUT2D eigenvalue weighted by atomic mass is 10.0. The fraction of sp³-hybridized carbons (Fsp3) is 0.421. The van der Waals surface area contributed by atoms with E-state index in [-0.39, 0.29) is 0 Å². The molecule has 25 heavy (non-hydrogen) atoms. The van der Waals surface area contributed by atoms with E-state index in [0.717, 1.165) is 59.5 Å². The number of H-pyrrole nitrogens is 1. The molecule has 1 aromatic heterocycles. The van der Waals surface area contributed by atoms with E-state index in [0.29, 0.717) is 11.8 Å². The molecular weight excluding hydrogens is 314 g/mol. The van der Waals surface area contributed by atoms with Gasteiger partial charge in [0.15, 0.2) is 0 Å². The zero-order valence-electron chi connectivity index (χ0n) is 14.5. The molecule has 5 rings (SSSR count). The highest BCUT2D eigenvalue weighted by molar-refractivity contribution is 6.07. The van der Waals surface area contributed by atoms with Gasteiger partial charge in [-0.15, -0.1) is 0 Å². The van der Waals surface area contributed by atoms with Crippen molar-refractivity contribution in [2.75, 3.05) is 24.6 Å². The molecule has 0 amide bonds. The number of aromatic nitrogens is 3. The quantitative estimate of drug-likeness (QED) is 0.936. The van der Waals surface area contributed by atoms with E-state index in [4.69, 9.17) is 9.73 Å². The zero-order valence-corrected chi connectivity index (χ0v) is 14.5. The van der Waals surface area contributed by atoms with Crippen LogP contribution in [-0.4, -0.2) is 40.8 Å². The second-order valence-corrected chi connectivity index (χ2v) is 6.94. The van der Waals surface area contributed by atoms with Crippen LogP contribution in [0.1, 0.15) is 26.0 Å². The van der Waals surface area contributed by atoms with Crippen molar-refractivity contribution in [1.29, 1.82) is 0 Å². The summed E-state index contributed by atoms with van der Waals surface area (Å²) >= 11 is 0. The average molecular weight is 335 g/mol. The number of aromatic amines is 1. The summed E-state index contributed by atoms with van der Waals surface area (Å²) < 4.78 is 5.80. The third-order valence-electron chi connectivity index (χ3n) is 5.31. The third-order valence-corrected chi connectivity index (χ3v) is 5.31. The van der Waals surface area contributed by atoms with E-state index in [1.165, 1.54) is 6.42 Å². The summed E-state index contributed by atoms with van der Waals surface area (Å²) in [5, 5.41) is 11.7. The normalized spacial score (nSPS) is 24.0. The molecule has 2 aromatic rings. The van der Waals surface area contributed by atoms with Gasteiger partial charge in [-0.3, -0.25) is 4.99 Å². The molecule has 0 saturated heterocycles. The van der Waals surface area contributed by atoms with Gasteiger partial charge in [0.25, 0.3) is 0 Å². The highest BCUT2D eigenvalue weighted by atomic mass is 16.5. The Kier molecular flexibility index (Phi) is 3.20. The highest BCUT2D eigenvalue weighted by Gasteiger charge is 2.43. The standard InChI is InChI=1S/C19H21N5O/c1-3-24-6-7-25-16-5-4-12(10-15(16)24)17-19(22-23-21-17)18-14-9-13(14)8-11(2)20-18/h4-5,8,10,13-14H,3,6-7,9H2,1-2H3,(H,21,22,23). The topological polar surface area (TPSA) is 66.4 Å². The largest absolute Gasteiger partial charge is 0.490 e. The predicted molar refractivity (Wildman–Crippen MR) is 97.1 cm³/mol. The van der Waals surface area contributed by atoms with Gasteiger partial charge in [0.05, 0.1) is 17.9 Å². The summed E-state index contributed by atoms with van der Waals surface area (Å²) in [6, 6.07) is 6.27. The zero-order chi connectivity index (χ0) is 17.0. The van der Waals surface area contributed by atoms with E-state index in [2.05, 4.69) is 52.4 Å². The van der Waals surface area contributed by atoms with Crippen molar-refractivity contribution in [2.24, 2.45) is 16.8 Å². The molecule has 3 heterocycles. The van der Waals surface area contributed by atoms with Gasteiger partial charge in [-0.2, -0.15) is 15.4 Å². The van der Waals surface area contributed by atoms with Gasteiger partial charge in [-0.1, -0.05) is 6.08 Å². The molecule has 3 aliphatic rings. The summed E-state index contributed by atoms with van der Waals surface area (Å²) in [6.07, 6.45) is 3.44. The molecule has 1 aliphatic carbocycles. The monoisotopic (exact) mass is 335 g/mol. The number of hydrogen-bond acceptors (Lipinski definition) is 5. The average Bonchev–Trinajstić information content (AvgIpc) is 3.24. The minimum Gasteiger partial charge on any atom is -0.490 e. The number of fused-ring (bicyclic) bond motifs is 2. The van der Waals surface area contributed by atoms with Crippen molar-refractivity contribution in [3.63, 3.8) is 0 Å². The van der Waals surface area contributed by atoms with Crippen LogP contribution < -0.4 is 9.64 Å². The van der Waals surface area contributed by atoms with Crippen LogP contribution in [0.3, 0.4) is 0 Å². The Morgan fingerprint density at radius 2 is 2.16 bits per heavy atom. The number of aliphatic imine (C=N–C) groups is 1. The Hall–Kier alpha value is -2.63. The van der Waals surface area contributed by atoms with Crippen LogP contribution in [0.5, 0.6) is 5.75 Å². The Morgan fingerprint density at radius 1 is 1.28 bits per heavy atom. The summed E-state index contributed by atoms with van der Waals surface area (Å²) in [7, 11) is 0. The molecule has 1 fully saturated rings. The minimum atomic E-state index is 0.501. The number of ether oxygens (including phenoxy) is 1. The maximum atomic E-state index is 5.80. The second kappa shape index (κ2) is 5.44. The SMILES string of the molecule is CCN1CCOc2ccc(-c3n[nH]nc3C3=NC(C)=CC4CC34)cc21. The van der Waals surface area contributed by atoms with Crippen molar-refractivity contribution in [3.05, 3.63) is 35.7 Å². The van der Waals surface area contributed by atoms with Crippen molar-refractivity contribution in [2.45, 2.75) is 20.3 Å². The summed E-state index contributed by atoms with van der Waals surface area (Å²) in [6.45, 7) is 6.85. The van der Waals surface area contributed by atoms with Crippen molar-refractivity contribution in [1.82, 2.24) is 15.4 Å². The summed E-state index contributed by atoms with van der Waals surface area (Å²) in [5.41, 5.74) is 6.11. The first-order valence-corrected chi connectivity index (χ1v) is 8.95. The smallest absolute Gasteiger partial charge is 0.142 e. The van der Waals surface area contributed by atoms with Crippen LogP contribution >= 0.6 is 0 Å². The molecule has 0 radical (unpaired) electrons. The van der Waals surface area contributed by atoms with Crippen LogP contribution in [0.25, 0.3) is 11.3 Å². The van der Waals surface area contributed by atoms with Crippen molar-refractivity contribution >= 4 is 11.4 Å². The first kappa shape index (κ1) is 14.7. The minimum absolute atomic E-state index is 0.501. The van der Waals surface area contributed by atoms with Gasteiger partial charge in [0.1, 0.15) is 23.7 Å². The number of rotatable bonds is 3. The Morgan fingerprint density at radius 3 is 3.04 bits per heavy atom. The Labute approximate surface area is 146 Å². The molecule has 1 aromatic carbocycles. The van der Waals surface area contributed by atoms with E-state index in [1.54, 1.807) is 0 Å². The third kappa shape index (κ3) is 2.35. The molecular formula is C19H21N5O. The maximum Gasteiger partial charge on any atom is 0.142 e. The summed E-state index contributed by atoms with van der Waals surface area (Å²) in [5.74, 6) is 2.07. The maximum absolute atomic E-state index is 5.80. The predicted octanol–water partition coefficient (Wildman–Crippen LogP) is 3.03. The van der Waals surface area contributed by atoms with E-state index in [1.807, 2.05) is 6.07 Å². The van der Waals surface area contributed by atoms with Crippen molar-refractivity contribution in [3.8, 4) is 17.0 Å². The van der Waals surface area contributed by atoms with E-state index >= 15 is 0 Å². The Balaban J connectivity index is 1.58. The van der Waals surface area contributed by atoms with Crippen LogP contribution in [0, 0.1) is 11.8 Å². The molecule has 2 atom stereocenters. The lowest BCUT2D eigenvalue weighted by Gasteiger charge is -2.30. The molecule has 0 spiro atoms. The molecule has 1 N–H and O–H groups in total. The number of nitrogens with one attached hydrogen (secondary N) is 1. The van der Waals surface area contributed by atoms with Gasteiger partial charge in [0, 0.05) is 23.7 Å².